The number of thiazole rings is 1. The van der Waals surface area contributed by atoms with Gasteiger partial charge in [0.05, 0.1) is 5.69 Å². The third-order valence-corrected chi connectivity index (χ3v) is 6.85. The quantitative estimate of drug-likeness (QED) is 0.506. The number of nitrogens with zero attached hydrogens (tertiary/aromatic N) is 2. The molecule has 33 heavy (non-hydrogen) atoms. The van der Waals surface area contributed by atoms with E-state index >= 15 is 0 Å². The molecule has 1 amide bonds. The summed E-state index contributed by atoms with van der Waals surface area (Å²) in [6.07, 6.45) is 1.82. The zero-order valence-electron chi connectivity index (χ0n) is 18.1. The van der Waals surface area contributed by atoms with Crippen molar-refractivity contribution < 1.29 is 19.4 Å². The predicted molar refractivity (Wildman–Crippen MR) is 130 cm³/mol. The Balaban J connectivity index is 1.41. The van der Waals surface area contributed by atoms with Crippen molar-refractivity contribution >= 4 is 40.5 Å². The minimum absolute atomic E-state index is 0.00433. The number of hydrogen-bond acceptors (Lipinski definition) is 6. The maximum atomic E-state index is 13.0. The van der Waals surface area contributed by atoms with E-state index in [2.05, 4.69) is 15.2 Å². The van der Waals surface area contributed by atoms with Crippen LogP contribution in [0.4, 0.5) is 5.69 Å². The number of anilines is 1. The summed E-state index contributed by atoms with van der Waals surface area (Å²) < 4.78 is 5.30. The van der Waals surface area contributed by atoms with Crippen LogP contribution >= 0.6 is 22.9 Å². The van der Waals surface area contributed by atoms with Gasteiger partial charge in [0.1, 0.15) is 15.6 Å². The number of carboxylic acid groups (broad SMARTS) is 1. The Morgan fingerprint density at radius 2 is 2.06 bits per heavy atom. The molecule has 4 rings (SSSR count). The number of carbonyl (C=O) groups is 2. The molecule has 1 aliphatic heterocycles. The fourth-order valence-corrected chi connectivity index (χ4v) is 4.92. The number of halogens is 1. The Morgan fingerprint density at radius 3 is 2.82 bits per heavy atom. The highest BCUT2D eigenvalue weighted by atomic mass is 35.5. The van der Waals surface area contributed by atoms with Crippen molar-refractivity contribution in [3.05, 3.63) is 64.1 Å². The second kappa shape index (κ2) is 10.2. The van der Waals surface area contributed by atoms with Crippen molar-refractivity contribution in [1.29, 1.82) is 0 Å². The third kappa shape index (κ3) is 5.83. The molecule has 1 aromatic heterocycles. The molecule has 1 aliphatic rings. The number of aryl methyl sites for hydroxylation is 1. The SMILES string of the molecule is Cc1nc(-c2ccc(Cl)cc2)sc1C(=O)NC1CCCN(c2cccc(OCC(=O)O)c2)C1. The van der Waals surface area contributed by atoms with Crippen LogP contribution in [0.2, 0.25) is 5.02 Å². The normalized spacial score (nSPS) is 15.8. The van der Waals surface area contributed by atoms with Crippen LogP contribution in [0.15, 0.2) is 48.5 Å². The van der Waals surface area contributed by atoms with Crippen molar-refractivity contribution in [3.8, 4) is 16.3 Å². The van der Waals surface area contributed by atoms with E-state index in [1.165, 1.54) is 11.3 Å². The van der Waals surface area contributed by atoms with Crippen LogP contribution in [0.1, 0.15) is 28.2 Å². The molecule has 1 fully saturated rings. The monoisotopic (exact) mass is 485 g/mol. The Kier molecular flexibility index (Phi) is 7.15. The number of nitrogens with one attached hydrogen (secondary N) is 1. The van der Waals surface area contributed by atoms with Crippen molar-refractivity contribution in [2.45, 2.75) is 25.8 Å². The number of hydrogen-bond donors (Lipinski definition) is 2. The minimum atomic E-state index is -1.02. The Morgan fingerprint density at radius 1 is 1.27 bits per heavy atom. The summed E-state index contributed by atoms with van der Waals surface area (Å²) in [6.45, 7) is 2.99. The van der Waals surface area contributed by atoms with E-state index in [4.69, 9.17) is 21.4 Å². The molecular weight excluding hydrogens is 462 g/mol. The number of piperidine rings is 1. The number of aromatic nitrogens is 1. The maximum Gasteiger partial charge on any atom is 0.341 e. The zero-order chi connectivity index (χ0) is 23.4. The van der Waals surface area contributed by atoms with E-state index in [1.54, 1.807) is 6.07 Å². The first-order valence-corrected chi connectivity index (χ1v) is 11.8. The van der Waals surface area contributed by atoms with Gasteiger partial charge in [0, 0.05) is 41.5 Å². The molecule has 0 aliphatic carbocycles. The third-order valence-electron chi connectivity index (χ3n) is 5.40. The number of aliphatic carboxylic acids is 1. The van der Waals surface area contributed by atoms with Gasteiger partial charge in [0.25, 0.3) is 5.91 Å². The largest absolute Gasteiger partial charge is 0.482 e. The van der Waals surface area contributed by atoms with Crippen LogP contribution in [-0.2, 0) is 4.79 Å². The number of carboxylic acids is 1. The van der Waals surface area contributed by atoms with Gasteiger partial charge in [-0.1, -0.05) is 29.8 Å². The summed E-state index contributed by atoms with van der Waals surface area (Å²) in [4.78, 5) is 31.1. The average molecular weight is 486 g/mol. The Bertz CT molecular complexity index is 1150. The lowest BCUT2D eigenvalue weighted by molar-refractivity contribution is -0.139. The van der Waals surface area contributed by atoms with Crippen molar-refractivity contribution in [2.24, 2.45) is 0 Å². The highest BCUT2D eigenvalue weighted by Gasteiger charge is 2.24. The molecule has 9 heteroatoms. The zero-order valence-corrected chi connectivity index (χ0v) is 19.7. The van der Waals surface area contributed by atoms with E-state index in [0.717, 1.165) is 35.6 Å². The Labute approximate surface area is 201 Å². The van der Waals surface area contributed by atoms with E-state index in [-0.39, 0.29) is 18.6 Å². The maximum absolute atomic E-state index is 13.0. The van der Waals surface area contributed by atoms with Gasteiger partial charge in [0.2, 0.25) is 0 Å². The number of carbonyl (C=O) groups excluding carboxylic acids is 1. The van der Waals surface area contributed by atoms with Gasteiger partial charge in [-0.05, 0) is 44.0 Å². The predicted octanol–water partition coefficient (Wildman–Crippen LogP) is 4.63. The summed E-state index contributed by atoms with van der Waals surface area (Å²) in [6, 6.07) is 14.8. The molecule has 3 aromatic rings. The van der Waals surface area contributed by atoms with Gasteiger partial charge < -0.3 is 20.1 Å². The first-order chi connectivity index (χ1) is 15.9. The van der Waals surface area contributed by atoms with Crippen LogP contribution in [0, 0.1) is 6.92 Å². The second-order valence-electron chi connectivity index (χ2n) is 7.88. The van der Waals surface area contributed by atoms with E-state index in [0.29, 0.717) is 27.9 Å². The molecule has 1 saturated heterocycles. The molecular formula is C24H24ClN3O4S. The summed E-state index contributed by atoms with van der Waals surface area (Å²) in [5.74, 6) is -0.620. The first kappa shape index (κ1) is 23.1. The van der Waals surface area contributed by atoms with Crippen LogP contribution in [0.5, 0.6) is 5.75 Å². The topological polar surface area (TPSA) is 91.8 Å². The van der Waals surface area contributed by atoms with Gasteiger partial charge in [-0.15, -0.1) is 11.3 Å². The van der Waals surface area contributed by atoms with Crippen LogP contribution in [0.25, 0.3) is 10.6 Å². The van der Waals surface area contributed by atoms with E-state index in [9.17, 15) is 9.59 Å². The highest BCUT2D eigenvalue weighted by molar-refractivity contribution is 7.17. The average Bonchev–Trinajstić information content (AvgIpc) is 3.20. The lowest BCUT2D eigenvalue weighted by atomic mass is 10.0. The lowest BCUT2D eigenvalue weighted by Gasteiger charge is -2.34. The van der Waals surface area contributed by atoms with Crippen molar-refractivity contribution in [2.75, 3.05) is 24.6 Å². The van der Waals surface area contributed by atoms with Crippen molar-refractivity contribution in [1.82, 2.24) is 10.3 Å². The molecule has 1 atom stereocenters. The number of ether oxygens (including phenoxy) is 1. The molecule has 2 heterocycles. The number of amides is 1. The van der Waals surface area contributed by atoms with Crippen molar-refractivity contribution in [3.63, 3.8) is 0 Å². The first-order valence-electron chi connectivity index (χ1n) is 10.6. The van der Waals surface area contributed by atoms with Crippen LogP contribution in [-0.4, -0.2) is 47.7 Å². The molecule has 0 radical (unpaired) electrons. The minimum Gasteiger partial charge on any atom is -0.482 e. The summed E-state index contributed by atoms with van der Waals surface area (Å²) >= 11 is 7.35. The standard InChI is InChI=1S/C24H24ClN3O4S/c1-15-22(33-24(26-15)16-7-9-17(25)10-8-16)23(31)27-18-4-3-11-28(13-18)19-5-2-6-20(12-19)32-14-21(29)30/h2,5-10,12,18H,3-4,11,13-14H2,1H3,(H,27,31)(H,29,30). The summed E-state index contributed by atoms with van der Waals surface area (Å²) in [5, 5.41) is 13.4. The lowest BCUT2D eigenvalue weighted by Crippen LogP contribution is -2.47. The molecule has 172 valence electrons. The van der Waals surface area contributed by atoms with Crippen LogP contribution < -0.4 is 15.0 Å². The molecule has 7 nitrogen and oxygen atoms in total. The van der Waals surface area contributed by atoms with E-state index in [1.807, 2.05) is 49.4 Å². The molecule has 1 unspecified atom stereocenters. The molecule has 0 spiro atoms. The molecule has 2 aromatic carbocycles. The smallest absolute Gasteiger partial charge is 0.341 e. The molecule has 0 bridgehead atoms. The highest BCUT2D eigenvalue weighted by Crippen LogP contribution is 2.29. The Hall–Kier alpha value is -3.10. The van der Waals surface area contributed by atoms with Gasteiger partial charge in [-0.2, -0.15) is 0 Å². The fourth-order valence-electron chi connectivity index (χ4n) is 3.82. The van der Waals surface area contributed by atoms with Gasteiger partial charge in [-0.25, -0.2) is 9.78 Å². The van der Waals surface area contributed by atoms with E-state index < -0.39 is 5.97 Å². The van der Waals surface area contributed by atoms with Gasteiger partial charge in [-0.3, -0.25) is 4.79 Å². The number of rotatable bonds is 7. The molecule has 2 N–H and O–H groups in total. The van der Waals surface area contributed by atoms with Crippen LogP contribution in [0.3, 0.4) is 0 Å². The second-order valence-corrected chi connectivity index (χ2v) is 9.31. The summed E-state index contributed by atoms with van der Waals surface area (Å²) in [5.41, 5.74) is 2.58. The molecule has 0 saturated carbocycles. The number of benzene rings is 2. The fraction of sp³-hybridized carbons (Fsp3) is 0.292. The van der Waals surface area contributed by atoms with Gasteiger partial charge >= 0.3 is 5.97 Å². The summed E-state index contributed by atoms with van der Waals surface area (Å²) in [7, 11) is 0. The van der Waals surface area contributed by atoms with Gasteiger partial charge in [0.15, 0.2) is 6.61 Å².